The molecule has 6 atom stereocenters. The SMILES string of the molecule is CCCC1CCCCCCCCCC(CC)C(C2CCC(CCC)C(CCC)C2)CCC1. The van der Waals surface area contributed by atoms with Crippen molar-refractivity contribution in [1.29, 1.82) is 0 Å². The van der Waals surface area contributed by atoms with Crippen molar-refractivity contribution in [3.05, 3.63) is 0 Å². The van der Waals surface area contributed by atoms with Crippen LogP contribution in [0.2, 0.25) is 0 Å². The predicted octanol–water partition coefficient (Wildman–Crippen LogP) is 11.4. The Balaban J connectivity index is 2.07. The van der Waals surface area contributed by atoms with Crippen molar-refractivity contribution in [3.63, 3.8) is 0 Å². The van der Waals surface area contributed by atoms with Crippen LogP contribution in [0.5, 0.6) is 0 Å². The topological polar surface area (TPSA) is 0 Å². The Morgan fingerprint density at radius 2 is 1.06 bits per heavy atom. The van der Waals surface area contributed by atoms with Crippen LogP contribution in [0.25, 0.3) is 0 Å². The van der Waals surface area contributed by atoms with Crippen molar-refractivity contribution < 1.29 is 0 Å². The third-order valence-electron chi connectivity index (χ3n) is 9.77. The van der Waals surface area contributed by atoms with Gasteiger partial charge in [-0.1, -0.05) is 143 Å². The van der Waals surface area contributed by atoms with E-state index in [9.17, 15) is 0 Å². The highest BCUT2D eigenvalue weighted by atomic mass is 14.4. The van der Waals surface area contributed by atoms with Crippen LogP contribution in [0, 0.1) is 35.5 Å². The molecule has 0 aromatic heterocycles. The van der Waals surface area contributed by atoms with E-state index in [2.05, 4.69) is 27.7 Å². The molecular formula is C32H62. The molecule has 2 rings (SSSR count). The summed E-state index contributed by atoms with van der Waals surface area (Å²) < 4.78 is 0. The fourth-order valence-corrected chi connectivity index (χ4v) is 8.01. The van der Waals surface area contributed by atoms with Gasteiger partial charge in [-0.15, -0.1) is 0 Å². The average Bonchev–Trinajstić information content (AvgIpc) is 2.80. The van der Waals surface area contributed by atoms with Gasteiger partial charge >= 0.3 is 0 Å². The standard InChI is InChI=1S/C32H62/c1-5-17-27-20-14-12-10-9-11-13-15-22-28(8-4)32(23-16-21-27)31-25-24-29(18-6-2)30(26-31)19-7-3/h27-32H,5-26H2,1-4H3. The molecule has 0 heteroatoms. The van der Waals surface area contributed by atoms with Crippen LogP contribution >= 0.6 is 0 Å². The number of hydrogen-bond acceptors (Lipinski definition) is 0. The van der Waals surface area contributed by atoms with Gasteiger partial charge in [-0.05, 0) is 61.2 Å². The Labute approximate surface area is 204 Å². The minimum Gasteiger partial charge on any atom is -0.0654 e. The highest BCUT2D eigenvalue weighted by Gasteiger charge is 2.35. The summed E-state index contributed by atoms with van der Waals surface area (Å²) in [6.07, 6.45) is 33.0. The molecule has 190 valence electrons. The van der Waals surface area contributed by atoms with Crippen molar-refractivity contribution in [2.75, 3.05) is 0 Å². The summed E-state index contributed by atoms with van der Waals surface area (Å²) in [5.74, 6) is 6.21. The zero-order valence-corrected chi connectivity index (χ0v) is 23.0. The molecule has 0 amide bonds. The molecule has 2 aliphatic rings. The first-order valence-electron chi connectivity index (χ1n) is 15.7. The fraction of sp³-hybridized carbons (Fsp3) is 1.00. The molecule has 0 bridgehead atoms. The van der Waals surface area contributed by atoms with Gasteiger partial charge in [0.1, 0.15) is 0 Å². The second kappa shape index (κ2) is 17.4. The van der Waals surface area contributed by atoms with Gasteiger partial charge in [0.25, 0.3) is 0 Å². The van der Waals surface area contributed by atoms with E-state index in [-0.39, 0.29) is 0 Å². The minimum atomic E-state index is 1.01. The Morgan fingerprint density at radius 3 is 1.72 bits per heavy atom. The summed E-state index contributed by atoms with van der Waals surface area (Å²) in [6.45, 7) is 9.78. The average molecular weight is 447 g/mol. The Morgan fingerprint density at radius 1 is 0.469 bits per heavy atom. The molecule has 0 N–H and O–H groups in total. The second-order valence-corrected chi connectivity index (χ2v) is 12.1. The lowest BCUT2D eigenvalue weighted by molar-refractivity contribution is 0.0809. The molecule has 0 spiro atoms. The lowest BCUT2D eigenvalue weighted by Gasteiger charge is -2.42. The molecule has 0 radical (unpaired) electrons. The smallest absolute Gasteiger partial charge is 0.0357 e. The number of hydrogen-bond donors (Lipinski definition) is 0. The first-order chi connectivity index (χ1) is 15.7. The Kier molecular flexibility index (Phi) is 15.4. The van der Waals surface area contributed by atoms with Crippen LogP contribution in [-0.4, -0.2) is 0 Å². The summed E-state index contributed by atoms with van der Waals surface area (Å²) in [6, 6.07) is 0. The molecule has 6 unspecified atom stereocenters. The van der Waals surface area contributed by atoms with E-state index in [4.69, 9.17) is 0 Å². The van der Waals surface area contributed by atoms with E-state index in [1.165, 1.54) is 116 Å². The molecule has 2 fully saturated rings. The maximum absolute atomic E-state index is 2.53. The van der Waals surface area contributed by atoms with Crippen molar-refractivity contribution >= 4 is 0 Å². The van der Waals surface area contributed by atoms with Gasteiger partial charge in [0.2, 0.25) is 0 Å². The first kappa shape index (κ1) is 28.2. The van der Waals surface area contributed by atoms with Crippen molar-refractivity contribution in [2.45, 2.75) is 169 Å². The van der Waals surface area contributed by atoms with Crippen LogP contribution in [0.3, 0.4) is 0 Å². The molecule has 0 nitrogen and oxygen atoms in total. The largest absolute Gasteiger partial charge is 0.0654 e. The maximum atomic E-state index is 2.53. The highest BCUT2D eigenvalue weighted by molar-refractivity contribution is 4.86. The van der Waals surface area contributed by atoms with Crippen LogP contribution in [0.15, 0.2) is 0 Å². The van der Waals surface area contributed by atoms with E-state index in [0.29, 0.717) is 0 Å². The molecule has 2 aliphatic carbocycles. The van der Waals surface area contributed by atoms with E-state index in [1.54, 1.807) is 25.7 Å². The molecule has 0 heterocycles. The van der Waals surface area contributed by atoms with Gasteiger partial charge < -0.3 is 0 Å². The van der Waals surface area contributed by atoms with Crippen molar-refractivity contribution in [1.82, 2.24) is 0 Å². The van der Waals surface area contributed by atoms with E-state index < -0.39 is 0 Å². The van der Waals surface area contributed by atoms with Crippen LogP contribution in [0.1, 0.15) is 169 Å². The van der Waals surface area contributed by atoms with Crippen molar-refractivity contribution in [2.24, 2.45) is 35.5 Å². The molecule has 32 heavy (non-hydrogen) atoms. The summed E-state index contributed by atoms with van der Waals surface area (Å²) in [5, 5.41) is 0. The van der Waals surface area contributed by atoms with Crippen molar-refractivity contribution in [3.8, 4) is 0 Å². The summed E-state index contributed by atoms with van der Waals surface area (Å²) >= 11 is 0. The monoisotopic (exact) mass is 446 g/mol. The molecular weight excluding hydrogens is 384 g/mol. The van der Waals surface area contributed by atoms with Gasteiger partial charge in [0.05, 0.1) is 0 Å². The lowest BCUT2D eigenvalue weighted by Crippen LogP contribution is -2.32. The van der Waals surface area contributed by atoms with Gasteiger partial charge in [0, 0.05) is 0 Å². The first-order valence-corrected chi connectivity index (χ1v) is 15.7. The molecule has 0 aromatic rings. The number of rotatable bonds is 8. The summed E-state index contributed by atoms with van der Waals surface area (Å²) in [5.41, 5.74) is 0. The highest BCUT2D eigenvalue weighted by Crippen LogP contribution is 2.46. The lowest BCUT2D eigenvalue weighted by atomic mass is 9.63. The molecule has 2 saturated carbocycles. The van der Waals surface area contributed by atoms with Gasteiger partial charge in [-0.2, -0.15) is 0 Å². The maximum Gasteiger partial charge on any atom is -0.0357 e. The third-order valence-corrected chi connectivity index (χ3v) is 9.77. The zero-order valence-electron chi connectivity index (χ0n) is 23.0. The van der Waals surface area contributed by atoms with Crippen LogP contribution < -0.4 is 0 Å². The Hall–Kier alpha value is 0. The molecule has 0 aliphatic heterocycles. The normalized spacial score (nSPS) is 34.5. The van der Waals surface area contributed by atoms with E-state index >= 15 is 0 Å². The molecule has 0 aromatic carbocycles. The van der Waals surface area contributed by atoms with Gasteiger partial charge in [0.15, 0.2) is 0 Å². The van der Waals surface area contributed by atoms with Gasteiger partial charge in [-0.3, -0.25) is 0 Å². The van der Waals surface area contributed by atoms with E-state index in [1.807, 2.05) is 0 Å². The predicted molar refractivity (Wildman–Crippen MR) is 145 cm³/mol. The van der Waals surface area contributed by atoms with Crippen LogP contribution in [0.4, 0.5) is 0 Å². The van der Waals surface area contributed by atoms with E-state index in [0.717, 1.165) is 35.5 Å². The second-order valence-electron chi connectivity index (χ2n) is 12.1. The Bertz CT molecular complexity index is 426. The zero-order chi connectivity index (χ0) is 23.0. The minimum absolute atomic E-state index is 1.01. The van der Waals surface area contributed by atoms with Gasteiger partial charge in [-0.25, -0.2) is 0 Å². The fourth-order valence-electron chi connectivity index (χ4n) is 8.01. The quantitative estimate of drug-likeness (QED) is 0.347. The van der Waals surface area contributed by atoms with Crippen LogP contribution in [-0.2, 0) is 0 Å². The molecule has 0 saturated heterocycles. The summed E-state index contributed by atoms with van der Waals surface area (Å²) in [4.78, 5) is 0. The third kappa shape index (κ3) is 10.1. The summed E-state index contributed by atoms with van der Waals surface area (Å²) in [7, 11) is 0.